The molecule has 0 bridgehead atoms. The number of nitrogens with one attached hydrogen (secondary N) is 2. The van der Waals surface area contributed by atoms with Crippen molar-refractivity contribution >= 4 is 23.5 Å². The van der Waals surface area contributed by atoms with E-state index < -0.39 is 12.3 Å². The Bertz CT molecular complexity index is 1150. The van der Waals surface area contributed by atoms with Crippen LogP contribution in [0.5, 0.6) is 5.75 Å². The van der Waals surface area contributed by atoms with Crippen LogP contribution in [0.1, 0.15) is 68.8 Å². The van der Waals surface area contributed by atoms with Crippen molar-refractivity contribution in [3.63, 3.8) is 0 Å². The smallest absolute Gasteiger partial charge is 0.406 e. The Morgan fingerprint density at radius 2 is 1.55 bits per heavy atom. The van der Waals surface area contributed by atoms with Gasteiger partial charge < -0.3 is 26.0 Å². The van der Waals surface area contributed by atoms with Gasteiger partial charge in [0.2, 0.25) is 5.91 Å². The molecule has 1 fully saturated rings. The van der Waals surface area contributed by atoms with Crippen LogP contribution in [-0.2, 0) is 11.3 Å². The second kappa shape index (κ2) is 13.1. The molecule has 218 valence electrons. The Kier molecular flexibility index (Phi) is 10.1. The van der Waals surface area contributed by atoms with Gasteiger partial charge in [-0.3, -0.25) is 9.59 Å². The minimum absolute atomic E-state index is 0.0248. The molecule has 0 unspecified atom stereocenters. The van der Waals surface area contributed by atoms with Crippen LogP contribution in [0.3, 0.4) is 0 Å². The summed E-state index contributed by atoms with van der Waals surface area (Å²) in [5, 5.41) is 5.44. The number of alkyl halides is 3. The molecule has 2 aromatic rings. The molecule has 2 aromatic carbocycles. The van der Waals surface area contributed by atoms with Gasteiger partial charge in [0.1, 0.15) is 5.75 Å². The van der Waals surface area contributed by atoms with E-state index in [9.17, 15) is 27.6 Å². The van der Waals surface area contributed by atoms with E-state index in [4.69, 9.17) is 5.73 Å². The molecule has 0 radical (unpaired) electrons. The lowest BCUT2D eigenvalue weighted by molar-refractivity contribution is -0.274. The first-order valence-electron chi connectivity index (χ1n) is 13.3. The number of ether oxygens (including phenoxy) is 1. The fourth-order valence-electron chi connectivity index (χ4n) is 4.91. The lowest BCUT2D eigenvalue weighted by atomic mass is 9.71. The highest BCUT2D eigenvalue weighted by atomic mass is 19.4. The van der Waals surface area contributed by atoms with Crippen molar-refractivity contribution in [2.24, 2.45) is 17.1 Å². The quantitative estimate of drug-likeness (QED) is 0.357. The lowest BCUT2D eigenvalue weighted by Gasteiger charge is -2.41. The number of halogens is 3. The van der Waals surface area contributed by atoms with E-state index >= 15 is 0 Å². The van der Waals surface area contributed by atoms with Gasteiger partial charge in [0.15, 0.2) is 0 Å². The lowest BCUT2D eigenvalue weighted by Crippen LogP contribution is -2.45. The Morgan fingerprint density at radius 1 is 0.950 bits per heavy atom. The maximum absolute atomic E-state index is 13.5. The molecular formula is C29H37F3N4O4. The first-order chi connectivity index (χ1) is 18.7. The van der Waals surface area contributed by atoms with Crippen LogP contribution >= 0.6 is 0 Å². The molecule has 0 saturated heterocycles. The predicted molar refractivity (Wildman–Crippen MR) is 145 cm³/mol. The van der Waals surface area contributed by atoms with Crippen LogP contribution in [0.4, 0.5) is 23.7 Å². The SMILES string of the molecule is CC(C)(C)C1CCC(N(Cc2ccc(C(=O)NCCC(N)=O)cc2)C(=O)Nc2ccc(OC(F)(F)F)cc2)CC1. The molecule has 0 heterocycles. The minimum Gasteiger partial charge on any atom is -0.406 e. The largest absolute Gasteiger partial charge is 0.573 e. The van der Waals surface area contributed by atoms with Gasteiger partial charge in [0.25, 0.3) is 5.91 Å². The van der Waals surface area contributed by atoms with Gasteiger partial charge in [0, 0.05) is 36.8 Å². The molecule has 40 heavy (non-hydrogen) atoms. The second-order valence-electron chi connectivity index (χ2n) is 11.2. The number of nitrogens with two attached hydrogens (primary N) is 1. The molecule has 1 aliphatic carbocycles. The summed E-state index contributed by atoms with van der Waals surface area (Å²) in [7, 11) is 0. The zero-order chi connectivity index (χ0) is 29.5. The topological polar surface area (TPSA) is 114 Å². The van der Waals surface area contributed by atoms with Gasteiger partial charge >= 0.3 is 12.4 Å². The molecule has 3 rings (SSSR count). The van der Waals surface area contributed by atoms with Gasteiger partial charge in [-0.2, -0.15) is 0 Å². The van der Waals surface area contributed by atoms with Crippen LogP contribution in [0.2, 0.25) is 0 Å². The van der Waals surface area contributed by atoms with Crippen LogP contribution in [0, 0.1) is 11.3 Å². The fraction of sp³-hybridized carbons (Fsp3) is 0.483. The highest BCUT2D eigenvalue weighted by Crippen LogP contribution is 2.39. The average Bonchev–Trinajstić information content (AvgIpc) is 2.87. The van der Waals surface area contributed by atoms with Crippen molar-refractivity contribution in [1.29, 1.82) is 0 Å². The maximum Gasteiger partial charge on any atom is 0.573 e. The molecule has 4 N–H and O–H groups in total. The summed E-state index contributed by atoms with van der Waals surface area (Å²) in [6, 6.07) is 11.5. The van der Waals surface area contributed by atoms with E-state index in [0.29, 0.717) is 17.2 Å². The second-order valence-corrected chi connectivity index (χ2v) is 11.2. The number of carbonyl (C=O) groups is 3. The number of rotatable bonds is 9. The third kappa shape index (κ3) is 9.46. The first-order valence-corrected chi connectivity index (χ1v) is 13.3. The predicted octanol–water partition coefficient (Wildman–Crippen LogP) is 5.83. The molecular weight excluding hydrogens is 525 g/mol. The zero-order valence-corrected chi connectivity index (χ0v) is 23.0. The number of hydrogen-bond acceptors (Lipinski definition) is 4. The third-order valence-corrected chi connectivity index (χ3v) is 7.19. The number of anilines is 1. The van der Waals surface area contributed by atoms with E-state index in [0.717, 1.165) is 43.4 Å². The van der Waals surface area contributed by atoms with E-state index in [1.807, 2.05) is 0 Å². The van der Waals surface area contributed by atoms with Crippen molar-refractivity contribution in [2.45, 2.75) is 71.8 Å². The van der Waals surface area contributed by atoms with Crippen molar-refractivity contribution in [3.8, 4) is 5.75 Å². The molecule has 8 nitrogen and oxygen atoms in total. The molecule has 11 heteroatoms. The van der Waals surface area contributed by atoms with Crippen molar-refractivity contribution in [3.05, 3.63) is 59.7 Å². The number of urea groups is 1. The summed E-state index contributed by atoms with van der Waals surface area (Å²) >= 11 is 0. The van der Waals surface area contributed by atoms with Gasteiger partial charge in [0.05, 0.1) is 0 Å². The van der Waals surface area contributed by atoms with Crippen LogP contribution in [-0.4, -0.2) is 41.7 Å². The standard InChI is InChI=1S/C29H37F3N4O4/c1-28(2,3)21-8-12-23(13-9-21)36(27(39)35-22-10-14-24(15-11-22)40-29(30,31)32)18-19-4-6-20(7-5-19)26(38)34-17-16-25(33)37/h4-7,10-11,14-15,21,23H,8-9,12-13,16-18H2,1-3H3,(H2,33,37)(H,34,38)(H,35,39). The number of primary amides is 1. The summed E-state index contributed by atoms with van der Waals surface area (Å²) in [6.45, 7) is 7.10. The molecule has 0 aromatic heterocycles. The summed E-state index contributed by atoms with van der Waals surface area (Å²) in [6.07, 6.45) is -1.14. The number of nitrogens with zero attached hydrogens (tertiary/aromatic N) is 1. The van der Waals surface area contributed by atoms with Crippen LogP contribution in [0.25, 0.3) is 0 Å². The van der Waals surface area contributed by atoms with Crippen molar-refractivity contribution in [2.75, 3.05) is 11.9 Å². The van der Waals surface area contributed by atoms with E-state index in [1.165, 1.54) is 12.1 Å². The molecule has 1 saturated carbocycles. The highest BCUT2D eigenvalue weighted by molar-refractivity contribution is 5.94. The zero-order valence-electron chi connectivity index (χ0n) is 23.0. The molecule has 0 aliphatic heterocycles. The fourth-order valence-corrected chi connectivity index (χ4v) is 4.91. The molecule has 1 aliphatic rings. The van der Waals surface area contributed by atoms with Gasteiger partial charge in [-0.15, -0.1) is 13.2 Å². The van der Waals surface area contributed by atoms with E-state index in [1.54, 1.807) is 29.2 Å². The van der Waals surface area contributed by atoms with Crippen molar-refractivity contribution < 1.29 is 32.3 Å². The number of benzene rings is 2. The Labute approximate surface area is 232 Å². The van der Waals surface area contributed by atoms with Crippen molar-refractivity contribution in [1.82, 2.24) is 10.2 Å². The van der Waals surface area contributed by atoms with Gasteiger partial charge in [-0.25, -0.2) is 4.79 Å². The summed E-state index contributed by atoms with van der Waals surface area (Å²) in [5.41, 5.74) is 6.85. The van der Waals surface area contributed by atoms with Gasteiger partial charge in [-0.05, 0) is 79.0 Å². The summed E-state index contributed by atoms with van der Waals surface area (Å²) in [4.78, 5) is 38.4. The first kappa shape index (κ1) is 30.8. The number of carbonyl (C=O) groups excluding carboxylic acids is 3. The Morgan fingerprint density at radius 3 is 2.08 bits per heavy atom. The summed E-state index contributed by atoms with van der Waals surface area (Å²) in [5.74, 6) is -0.666. The number of amides is 4. The monoisotopic (exact) mass is 562 g/mol. The van der Waals surface area contributed by atoms with E-state index in [-0.39, 0.29) is 48.7 Å². The van der Waals surface area contributed by atoms with Crippen LogP contribution < -0.4 is 21.1 Å². The average molecular weight is 563 g/mol. The van der Waals surface area contributed by atoms with Crippen LogP contribution in [0.15, 0.2) is 48.5 Å². The molecule has 0 spiro atoms. The molecule has 4 amide bonds. The van der Waals surface area contributed by atoms with E-state index in [2.05, 4.69) is 36.1 Å². The van der Waals surface area contributed by atoms with Gasteiger partial charge in [-0.1, -0.05) is 32.9 Å². The highest BCUT2D eigenvalue weighted by Gasteiger charge is 2.34. The third-order valence-electron chi connectivity index (χ3n) is 7.19. The Hall–Kier alpha value is -3.76. The summed E-state index contributed by atoms with van der Waals surface area (Å²) < 4.78 is 41.4. The Balaban J connectivity index is 1.72. The maximum atomic E-state index is 13.5. The molecule has 0 atom stereocenters. The minimum atomic E-state index is -4.80. The number of hydrogen-bond donors (Lipinski definition) is 3. The normalized spacial score (nSPS) is 17.6.